The van der Waals surface area contributed by atoms with Gasteiger partial charge in [-0.05, 0) is 26.0 Å². The Kier molecular flexibility index (Phi) is 8.64. The summed E-state index contributed by atoms with van der Waals surface area (Å²) in [7, 11) is 0. The van der Waals surface area contributed by atoms with Crippen LogP contribution in [0.1, 0.15) is 36.7 Å². The predicted octanol–water partition coefficient (Wildman–Crippen LogP) is 2.19. The Balaban J connectivity index is 2.35. The lowest BCUT2D eigenvalue weighted by molar-refractivity contribution is -0.255. The van der Waals surface area contributed by atoms with Crippen molar-refractivity contribution in [2.75, 3.05) is 36.7 Å². The van der Waals surface area contributed by atoms with E-state index in [1.165, 1.54) is 16.8 Å². The molecule has 0 radical (unpaired) electrons. The van der Waals surface area contributed by atoms with Crippen LogP contribution in [0.15, 0.2) is 23.1 Å². The second kappa shape index (κ2) is 10.7. The number of alkyl halides is 2. The standard InChI is InChI=1S/C20H24Cl2FN3O4/c1-12(2)26-11-14(20(29)30)19(28)13-9-15(23)16(10-17(13)26)24-18(27)3-6-25(7-4-21)8-5-22/h9-12H,3-8H2,1-2H3,(H,24,27)(H,29,30)/p-1. The molecule has 0 bridgehead atoms. The number of rotatable bonds is 10. The smallest absolute Gasteiger partial charge is 0.225 e. The van der Waals surface area contributed by atoms with Gasteiger partial charge in [-0.3, -0.25) is 9.59 Å². The average Bonchev–Trinajstić information content (AvgIpc) is 2.67. The molecule has 0 saturated heterocycles. The zero-order valence-electron chi connectivity index (χ0n) is 16.7. The molecule has 0 spiro atoms. The summed E-state index contributed by atoms with van der Waals surface area (Å²) in [6, 6.07) is 2.05. The number of hydrogen-bond donors (Lipinski definition) is 1. The van der Waals surface area contributed by atoms with Crippen LogP contribution in [0.25, 0.3) is 10.9 Å². The van der Waals surface area contributed by atoms with E-state index in [0.29, 0.717) is 36.9 Å². The summed E-state index contributed by atoms with van der Waals surface area (Å²) in [5, 5.41) is 13.7. The van der Waals surface area contributed by atoms with E-state index in [-0.39, 0.29) is 23.5 Å². The number of anilines is 1. The molecule has 0 saturated carbocycles. The van der Waals surface area contributed by atoms with Crippen molar-refractivity contribution in [2.45, 2.75) is 26.3 Å². The molecule has 0 aliphatic heterocycles. The normalized spacial score (nSPS) is 11.4. The maximum absolute atomic E-state index is 14.6. The average molecular weight is 459 g/mol. The van der Waals surface area contributed by atoms with E-state index in [2.05, 4.69) is 5.32 Å². The number of aromatic carboxylic acids is 1. The number of amides is 1. The molecule has 1 aromatic carbocycles. The van der Waals surface area contributed by atoms with Crippen molar-refractivity contribution >= 4 is 51.7 Å². The van der Waals surface area contributed by atoms with Crippen LogP contribution in [0.4, 0.5) is 10.1 Å². The van der Waals surface area contributed by atoms with Gasteiger partial charge in [-0.1, -0.05) is 0 Å². The van der Waals surface area contributed by atoms with Crippen molar-refractivity contribution < 1.29 is 19.1 Å². The molecule has 30 heavy (non-hydrogen) atoms. The number of carboxylic acid groups (broad SMARTS) is 1. The highest BCUT2D eigenvalue weighted by Crippen LogP contribution is 2.24. The molecule has 10 heteroatoms. The molecule has 7 nitrogen and oxygen atoms in total. The highest BCUT2D eigenvalue weighted by molar-refractivity contribution is 6.18. The Morgan fingerprint density at radius 3 is 2.37 bits per heavy atom. The minimum Gasteiger partial charge on any atom is -0.545 e. The van der Waals surface area contributed by atoms with Gasteiger partial charge in [-0.2, -0.15) is 0 Å². The summed E-state index contributed by atoms with van der Waals surface area (Å²) < 4.78 is 16.1. The molecular weight excluding hydrogens is 436 g/mol. The monoisotopic (exact) mass is 458 g/mol. The van der Waals surface area contributed by atoms with Gasteiger partial charge in [0.2, 0.25) is 5.91 Å². The van der Waals surface area contributed by atoms with Crippen molar-refractivity contribution in [1.82, 2.24) is 9.47 Å². The Morgan fingerprint density at radius 1 is 1.20 bits per heavy atom. The fourth-order valence-electron chi connectivity index (χ4n) is 3.08. The van der Waals surface area contributed by atoms with Crippen LogP contribution in [0.3, 0.4) is 0 Å². The van der Waals surface area contributed by atoms with Gasteiger partial charge in [-0.25, -0.2) is 4.39 Å². The van der Waals surface area contributed by atoms with Gasteiger partial charge in [0.15, 0.2) is 5.43 Å². The SMILES string of the molecule is CC(C)n1cc(C(=O)[O-])c(=O)c2cc(F)c(NC(=O)CCN(CCCl)CCCl)cc21. The number of carbonyl (C=O) groups excluding carboxylic acids is 2. The third-order valence-electron chi connectivity index (χ3n) is 4.63. The fourth-order valence-corrected chi connectivity index (χ4v) is 3.56. The van der Waals surface area contributed by atoms with Gasteiger partial charge in [0.1, 0.15) is 5.82 Å². The maximum Gasteiger partial charge on any atom is 0.225 e. The highest BCUT2D eigenvalue weighted by Gasteiger charge is 2.17. The van der Waals surface area contributed by atoms with Gasteiger partial charge in [0.05, 0.1) is 22.7 Å². The predicted molar refractivity (Wildman–Crippen MR) is 114 cm³/mol. The van der Waals surface area contributed by atoms with Crippen molar-refractivity contribution in [3.8, 4) is 0 Å². The number of carboxylic acids is 1. The lowest BCUT2D eigenvalue weighted by Crippen LogP contribution is -2.31. The van der Waals surface area contributed by atoms with E-state index < -0.39 is 28.7 Å². The number of benzene rings is 1. The first kappa shape index (κ1) is 24.1. The van der Waals surface area contributed by atoms with Crippen LogP contribution in [-0.4, -0.2) is 52.7 Å². The Labute approximate surface area is 183 Å². The number of aromatic nitrogens is 1. The first-order chi connectivity index (χ1) is 14.2. The molecule has 0 aliphatic rings. The lowest BCUT2D eigenvalue weighted by Gasteiger charge is -2.20. The minimum absolute atomic E-state index is 0.0938. The summed E-state index contributed by atoms with van der Waals surface area (Å²) in [6.45, 7) is 5.13. The largest absolute Gasteiger partial charge is 0.545 e. The summed E-state index contributed by atoms with van der Waals surface area (Å²) in [4.78, 5) is 37.9. The molecule has 0 atom stereocenters. The molecule has 1 N–H and O–H groups in total. The van der Waals surface area contributed by atoms with E-state index in [9.17, 15) is 23.9 Å². The Morgan fingerprint density at radius 2 is 1.83 bits per heavy atom. The van der Waals surface area contributed by atoms with Crippen LogP contribution >= 0.6 is 23.2 Å². The van der Waals surface area contributed by atoms with E-state index in [1.807, 2.05) is 4.90 Å². The van der Waals surface area contributed by atoms with E-state index >= 15 is 0 Å². The quantitative estimate of drug-likeness (QED) is 0.550. The molecule has 164 valence electrons. The van der Waals surface area contributed by atoms with Gasteiger partial charge < -0.3 is 24.7 Å². The number of pyridine rings is 1. The zero-order chi connectivity index (χ0) is 22.4. The number of halogens is 3. The molecule has 2 rings (SSSR count). The molecule has 0 aliphatic carbocycles. The maximum atomic E-state index is 14.6. The fraction of sp³-hybridized carbons (Fsp3) is 0.450. The molecular formula is C20H23Cl2FN3O4-. The molecule has 0 fully saturated rings. The van der Waals surface area contributed by atoms with Crippen molar-refractivity contribution in [3.05, 3.63) is 39.9 Å². The summed E-state index contributed by atoms with van der Waals surface area (Å²) >= 11 is 11.5. The number of nitrogens with zero attached hydrogens (tertiary/aromatic N) is 2. The van der Waals surface area contributed by atoms with E-state index in [4.69, 9.17) is 23.2 Å². The topological polar surface area (TPSA) is 94.5 Å². The molecule has 1 amide bonds. The summed E-state index contributed by atoms with van der Waals surface area (Å²) in [5.41, 5.74) is -1.17. The van der Waals surface area contributed by atoms with Gasteiger partial charge >= 0.3 is 0 Å². The third-order valence-corrected chi connectivity index (χ3v) is 4.97. The second-order valence-corrected chi connectivity index (χ2v) is 7.78. The summed E-state index contributed by atoms with van der Waals surface area (Å²) in [6.07, 6.45) is 1.27. The number of hydrogen-bond acceptors (Lipinski definition) is 5. The minimum atomic E-state index is -1.63. The number of nitrogens with one attached hydrogen (secondary N) is 1. The van der Waals surface area contributed by atoms with E-state index in [1.54, 1.807) is 13.8 Å². The van der Waals surface area contributed by atoms with Crippen LogP contribution in [0.2, 0.25) is 0 Å². The van der Waals surface area contributed by atoms with Gasteiger partial charge in [-0.15, -0.1) is 23.2 Å². The molecule has 1 aromatic heterocycles. The van der Waals surface area contributed by atoms with Crippen LogP contribution in [-0.2, 0) is 4.79 Å². The number of fused-ring (bicyclic) bond motifs is 1. The van der Waals surface area contributed by atoms with Crippen LogP contribution in [0.5, 0.6) is 0 Å². The van der Waals surface area contributed by atoms with E-state index in [0.717, 1.165) is 6.07 Å². The van der Waals surface area contributed by atoms with Crippen molar-refractivity contribution in [3.63, 3.8) is 0 Å². The van der Waals surface area contributed by atoms with Crippen LogP contribution < -0.4 is 15.9 Å². The molecule has 0 unspecified atom stereocenters. The first-order valence-electron chi connectivity index (χ1n) is 9.43. The van der Waals surface area contributed by atoms with Gasteiger partial charge in [0, 0.05) is 55.4 Å². The van der Waals surface area contributed by atoms with Crippen molar-refractivity contribution in [1.29, 1.82) is 0 Å². The zero-order valence-corrected chi connectivity index (χ0v) is 18.2. The third kappa shape index (κ3) is 5.71. The van der Waals surface area contributed by atoms with Crippen LogP contribution in [0, 0.1) is 5.82 Å². The van der Waals surface area contributed by atoms with Gasteiger partial charge in [0.25, 0.3) is 0 Å². The lowest BCUT2D eigenvalue weighted by atomic mass is 10.1. The van der Waals surface area contributed by atoms with Crippen molar-refractivity contribution in [2.24, 2.45) is 0 Å². The highest BCUT2D eigenvalue weighted by atomic mass is 35.5. The molecule has 2 aromatic rings. The number of carbonyl (C=O) groups is 2. The Bertz CT molecular complexity index is 988. The molecule has 1 heterocycles. The first-order valence-corrected chi connectivity index (χ1v) is 10.5. The Hall–Kier alpha value is -2.16. The summed E-state index contributed by atoms with van der Waals surface area (Å²) in [5.74, 6) is -2.08. The second-order valence-electron chi connectivity index (χ2n) is 7.03.